The minimum absolute atomic E-state index is 0.120. The number of carbonyl (C=O) groups excluding carboxylic acids is 1. The lowest BCUT2D eigenvalue weighted by molar-refractivity contribution is -0.113. The van der Waals surface area contributed by atoms with Gasteiger partial charge in [-0.15, -0.1) is 0 Å². The molecule has 2 heterocycles. The molecule has 134 valence electrons. The number of benzene rings is 2. The Balaban J connectivity index is 1.62. The van der Waals surface area contributed by atoms with Gasteiger partial charge >= 0.3 is 0 Å². The number of hydrogen-bond donors (Lipinski definition) is 0. The lowest BCUT2D eigenvalue weighted by atomic mass is 10.2. The number of hydrogen-bond acceptors (Lipinski definition) is 4. The molecule has 1 aromatic heterocycles. The molecule has 0 aliphatic carbocycles. The normalized spacial score (nSPS) is 15.8. The van der Waals surface area contributed by atoms with E-state index in [0.717, 1.165) is 17.3 Å². The highest BCUT2D eigenvalue weighted by Gasteiger charge is 2.34. The van der Waals surface area contributed by atoms with Crippen molar-refractivity contribution < 1.29 is 18.0 Å². The number of furan rings is 1. The van der Waals surface area contributed by atoms with Gasteiger partial charge in [0.15, 0.2) is 4.32 Å². The van der Waals surface area contributed by atoms with Crippen molar-refractivity contribution in [3.8, 4) is 11.3 Å². The molecule has 0 radical (unpaired) electrons. The number of anilines is 1. The van der Waals surface area contributed by atoms with Crippen LogP contribution in [0.1, 0.15) is 5.76 Å². The molecule has 1 aliphatic heterocycles. The molecular formula is C20H11F2NO2S2. The SMILES string of the molecule is O=C1/C(=C\c2ccc(-c3ccc(F)cc3)o2)SC(=S)N1c1ccccc1F. The van der Waals surface area contributed by atoms with Crippen LogP contribution in [0.4, 0.5) is 14.5 Å². The summed E-state index contributed by atoms with van der Waals surface area (Å²) in [6, 6.07) is 15.3. The van der Waals surface area contributed by atoms with Crippen LogP contribution in [0.25, 0.3) is 17.4 Å². The minimum atomic E-state index is -0.522. The second-order valence-electron chi connectivity index (χ2n) is 5.68. The molecule has 0 bridgehead atoms. The summed E-state index contributed by atoms with van der Waals surface area (Å²) in [5, 5.41) is 0. The topological polar surface area (TPSA) is 33.5 Å². The van der Waals surface area contributed by atoms with E-state index in [0.29, 0.717) is 16.4 Å². The van der Waals surface area contributed by atoms with E-state index in [-0.39, 0.29) is 15.8 Å². The summed E-state index contributed by atoms with van der Waals surface area (Å²) in [6.07, 6.45) is 1.56. The van der Waals surface area contributed by atoms with Crippen molar-refractivity contribution in [2.75, 3.05) is 4.90 Å². The van der Waals surface area contributed by atoms with Gasteiger partial charge < -0.3 is 4.42 Å². The second-order valence-corrected chi connectivity index (χ2v) is 7.35. The Bertz CT molecular complexity index is 1070. The van der Waals surface area contributed by atoms with Crippen molar-refractivity contribution in [3.63, 3.8) is 0 Å². The third kappa shape index (κ3) is 3.43. The maximum atomic E-state index is 14.0. The van der Waals surface area contributed by atoms with E-state index in [9.17, 15) is 13.6 Å². The Kier molecular flexibility index (Phi) is 4.63. The summed E-state index contributed by atoms with van der Waals surface area (Å²) in [7, 11) is 0. The number of nitrogens with zero attached hydrogens (tertiary/aromatic N) is 1. The molecule has 0 unspecified atom stereocenters. The average molecular weight is 399 g/mol. The third-order valence-electron chi connectivity index (χ3n) is 3.92. The summed E-state index contributed by atoms with van der Waals surface area (Å²) in [4.78, 5) is 14.2. The molecular weight excluding hydrogens is 388 g/mol. The van der Waals surface area contributed by atoms with Crippen LogP contribution in [0.15, 0.2) is 70.0 Å². The summed E-state index contributed by atoms with van der Waals surface area (Å²) in [5.74, 6) is -0.266. The van der Waals surface area contributed by atoms with E-state index in [1.807, 2.05) is 0 Å². The van der Waals surface area contributed by atoms with Crippen molar-refractivity contribution in [3.05, 3.63) is 83.0 Å². The van der Waals surface area contributed by atoms with Crippen LogP contribution in [0.5, 0.6) is 0 Å². The van der Waals surface area contributed by atoms with Crippen molar-refractivity contribution in [2.24, 2.45) is 0 Å². The molecule has 1 fully saturated rings. The van der Waals surface area contributed by atoms with Gasteiger partial charge in [0.25, 0.3) is 5.91 Å². The number of thioether (sulfide) groups is 1. The highest BCUT2D eigenvalue weighted by Crippen LogP contribution is 2.37. The fraction of sp³-hybridized carbons (Fsp3) is 0. The monoisotopic (exact) mass is 399 g/mol. The van der Waals surface area contributed by atoms with Crippen LogP contribution in [-0.2, 0) is 4.79 Å². The number of amides is 1. The molecule has 4 rings (SSSR count). The molecule has 27 heavy (non-hydrogen) atoms. The summed E-state index contributed by atoms with van der Waals surface area (Å²) < 4.78 is 33.0. The fourth-order valence-corrected chi connectivity index (χ4v) is 3.90. The molecule has 2 aromatic carbocycles. The lowest BCUT2D eigenvalue weighted by Gasteiger charge is -2.14. The summed E-state index contributed by atoms with van der Waals surface area (Å²) in [5.41, 5.74) is 0.838. The predicted octanol–water partition coefficient (Wildman–Crippen LogP) is 5.63. The van der Waals surface area contributed by atoms with Crippen LogP contribution in [0.2, 0.25) is 0 Å². The van der Waals surface area contributed by atoms with Crippen LogP contribution >= 0.6 is 24.0 Å². The van der Waals surface area contributed by atoms with E-state index in [4.69, 9.17) is 16.6 Å². The van der Waals surface area contributed by atoms with Gasteiger partial charge in [-0.3, -0.25) is 9.69 Å². The molecule has 1 amide bonds. The van der Waals surface area contributed by atoms with Gasteiger partial charge in [0, 0.05) is 11.6 Å². The second kappa shape index (κ2) is 7.09. The van der Waals surface area contributed by atoms with Crippen LogP contribution in [-0.4, -0.2) is 10.2 Å². The predicted molar refractivity (Wildman–Crippen MR) is 106 cm³/mol. The quantitative estimate of drug-likeness (QED) is 0.422. The Hall–Kier alpha value is -2.77. The Morgan fingerprint density at radius 1 is 1.00 bits per heavy atom. The van der Waals surface area contributed by atoms with Gasteiger partial charge in [0.1, 0.15) is 23.2 Å². The first kappa shape index (κ1) is 17.6. The largest absolute Gasteiger partial charge is 0.457 e. The van der Waals surface area contributed by atoms with Crippen molar-refractivity contribution in [1.82, 2.24) is 0 Å². The molecule has 1 saturated heterocycles. The number of rotatable bonds is 3. The molecule has 0 atom stereocenters. The highest BCUT2D eigenvalue weighted by molar-refractivity contribution is 8.27. The Morgan fingerprint density at radius 2 is 1.74 bits per heavy atom. The van der Waals surface area contributed by atoms with Gasteiger partial charge in [-0.25, -0.2) is 8.78 Å². The lowest BCUT2D eigenvalue weighted by Crippen LogP contribution is -2.28. The number of halogens is 2. The molecule has 3 aromatic rings. The van der Waals surface area contributed by atoms with Gasteiger partial charge in [-0.05, 0) is 48.5 Å². The molecule has 0 N–H and O–H groups in total. The standard InChI is InChI=1S/C20H11F2NO2S2/c21-13-7-5-12(6-8-13)17-10-9-14(25-17)11-18-19(24)23(20(26)27-18)16-4-2-1-3-15(16)22/h1-11H/b18-11+. The molecule has 1 aliphatic rings. The van der Waals surface area contributed by atoms with E-state index in [2.05, 4.69) is 0 Å². The molecule has 0 spiro atoms. The number of carbonyl (C=O) groups is 1. The highest BCUT2D eigenvalue weighted by atomic mass is 32.2. The van der Waals surface area contributed by atoms with Crippen LogP contribution < -0.4 is 4.90 Å². The van der Waals surface area contributed by atoms with Crippen molar-refractivity contribution in [1.29, 1.82) is 0 Å². The first-order chi connectivity index (χ1) is 13.0. The minimum Gasteiger partial charge on any atom is -0.457 e. The Morgan fingerprint density at radius 3 is 2.48 bits per heavy atom. The number of thiocarbonyl (C=S) groups is 1. The van der Waals surface area contributed by atoms with Gasteiger partial charge in [-0.2, -0.15) is 0 Å². The average Bonchev–Trinajstić information content (AvgIpc) is 3.22. The van der Waals surface area contributed by atoms with E-state index >= 15 is 0 Å². The third-order valence-corrected chi connectivity index (χ3v) is 5.22. The first-order valence-corrected chi connectivity index (χ1v) is 9.14. The molecule has 0 saturated carbocycles. The van der Waals surface area contributed by atoms with Gasteiger partial charge in [0.05, 0.1) is 10.6 Å². The maximum Gasteiger partial charge on any atom is 0.270 e. The smallest absolute Gasteiger partial charge is 0.270 e. The van der Waals surface area contributed by atoms with Crippen molar-refractivity contribution in [2.45, 2.75) is 0 Å². The molecule has 3 nitrogen and oxygen atoms in total. The fourth-order valence-electron chi connectivity index (χ4n) is 2.64. The Labute approximate surface area is 163 Å². The zero-order valence-electron chi connectivity index (χ0n) is 13.7. The van der Waals surface area contributed by atoms with Crippen LogP contribution in [0, 0.1) is 11.6 Å². The molecule has 7 heteroatoms. The zero-order valence-corrected chi connectivity index (χ0v) is 15.3. The van der Waals surface area contributed by atoms with E-state index in [1.54, 1.807) is 42.5 Å². The van der Waals surface area contributed by atoms with E-state index < -0.39 is 11.7 Å². The maximum absolute atomic E-state index is 14.0. The summed E-state index contributed by atoms with van der Waals surface area (Å²) >= 11 is 6.32. The van der Waals surface area contributed by atoms with E-state index in [1.165, 1.54) is 29.2 Å². The van der Waals surface area contributed by atoms with Crippen LogP contribution in [0.3, 0.4) is 0 Å². The van der Waals surface area contributed by atoms with Gasteiger partial charge in [-0.1, -0.05) is 36.1 Å². The first-order valence-electron chi connectivity index (χ1n) is 7.91. The number of para-hydroxylation sites is 1. The van der Waals surface area contributed by atoms with Gasteiger partial charge in [0.2, 0.25) is 0 Å². The summed E-state index contributed by atoms with van der Waals surface area (Å²) in [6.45, 7) is 0. The van der Waals surface area contributed by atoms with Crippen molar-refractivity contribution >= 4 is 46.0 Å². The zero-order chi connectivity index (χ0) is 19.0.